The van der Waals surface area contributed by atoms with Crippen molar-refractivity contribution in [3.63, 3.8) is 0 Å². The Kier molecular flexibility index (Phi) is 8.80. The third kappa shape index (κ3) is 6.64. The molecule has 1 aromatic heterocycles. The highest BCUT2D eigenvalue weighted by Crippen LogP contribution is 2.26. The maximum absolute atomic E-state index is 13.1. The Morgan fingerprint density at radius 3 is 2.58 bits per heavy atom. The van der Waals surface area contributed by atoms with Crippen molar-refractivity contribution in [2.75, 3.05) is 23.3 Å². The Labute approximate surface area is 233 Å². The van der Waals surface area contributed by atoms with Crippen molar-refractivity contribution in [2.45, 2.75) is 46.1 Å². The van der Waals surface area contributed by atoms with E-state index in [1.165, 1.54) is 0 Å². The number of hydrogen-bond donors (Lipinski definition) is 3. The van der Waals surface area contributed by atoms with Gasteiger partial charge in [-0.15, -0.1) is 0 Å². The smallest absolute Gasteiger partial charge is 0.326 e. The molecule has 1 saturated heterocycles. The van der Waals surface area contributed by atoms with E-state index in [1.807, 2.05) is 38.1 Å². The first kappa shape index (κ1) is 28.3. The summed E-state index contributed by atoms with van der Waals surface area (Å²) in [4.78, 5) is 43.9. The first-order valence-corrected chi connectivity index (χ1v) is 13.3. The van der Waals surface area contributed by atoms with Crippen molar-refractivity contribution in [2.24, 2.45) is 5.92 Å². The molecule has 3 aromatic rings. The molecule has 2 amide bonds. The van der Waals surface area contributed by atoms with Crippen LogP contribution in [0.4, 0.5) is 11.5 Å². The molecule has 0 spiro atoms. The average Bonchev–Trinajstić information content (AvgIpc) is 3.31. The number of aromatic nitrogens is 1. The Morgan fingerprint density at radius 1 is 1.18 bits per heavy atom. The van der Waals surface area contributed by atoms with Crippen LogP contribution in [0.1, 0.15) is 51.5 Å². The molecule has 2 unspecified atom stereocenters. The highest BCUT2D eigenvalue weighted by molar-refractivity contribution is 5.99. The molecule has 1 fully saturated rings. The molecular weight excluding hydrogens is 506 g/mol. The van der Waals surface area contributed by atoms with E-state index in [4.69, 9.17) is 0 Å². The Morgan fingerprint density at radius 2 is 1.93 bits per heavy atom. The maximum Gasteiger partial charge on any atom is 0.326 e. The Bertz CT molecular complexity index is 1460. The number of hydrogen-bond acceptors (Lipinski definition) is 6. The van der Waals surface area contributed by atoms with Crippen LogP contribution in [0.3, 0.4) is 0 Å². The van der Waals surface area contributed by atoms with Crippen molar-refractivity contribution in [1.29, 1.82) is 5.26 Å². The molecule has 40 heavy (non-hydrogen) atoms. The van der Waals surface area contributed by atoms with Crippen LogP contribution < -0.4 is 15.5 Å². The number of carboxylic acids is 1. The van der Waals surface area contributed by atoms with Crippen LogP contribution in [0.25, 0.3) is 0 Å². The summed E-state index contributed by atoms with van der Waals surface area (Å²) in [6.07, 6.45) is 2.81. The van der Waals surface area contributed by atoms with Gasteiger partial charge in [0.05, 0.1) is 11.6 Å². The van der Waals surface area contributed by atoms with Crippen LogP contribution in [0, 0.1) is 31.1 Å². The normalized spacial score (nSPS) is 15.4. The number of aliphatic carboxylic acids is 1. The van der Waals surface area contributed by atoms with E-state index in [1.54, 1.807) is 42.3 Å². The predicted octanol–water partition coefficient (Wildman–Crippen LogP) is 4.02. The topological polar surface area (TPSA) is 135 Å². The molecule has 206 valence electrons. The van der Waals surface area contributed by atoms with Crippen molar-refractivity contribution < 1.29 is 19.5 Å². The van der Waals surface area contributed by atoms with Gasteiger partial charge in [0.15, 0.2) is 0 Å². The van der Waals surface area contributed by atoms with Crippen molar-refractivity contribution in [3.8, 4) is 6.07 Å². The van der Waals surface area contributed by atoms with E-state index >= 15 is 0 Å². The number of benzene rings is 2. The molecule has 2 atom stereocenters. The summed E-state index contributed by atoms with van der Waals surface area (Å²) in [5, 5.41) is 25.0. The molecule has 9 nitrogen and oxygen atoms in total. The second-order valence-electron chi connectivity index (χ2n) is 10.2. The number of pyridine rings is 1. The summed E-state index contributed by atoms with van der Waals surface area (Å²) in [7, 11) is 0. The number of carbonyl (C=O) groups is 3. The first-order valence-electron chi connectivity index (χ1n) is 13.3. The van der Waals surface area contributed by atoms with Gasteiger partial charge in [0.25, 0.3) is 5.91 Å². The SMILES string of the molecule is CCc1cc(C#N)cc(C)c1C(=O)NC(Cc1ccc(N2CC(CNc3cc(C)ccn3)CC2=O)cc1)C(=O)O. The second-order valence-corrected chi connectivity index (χ2v) is 10.2. The largest absolute Gasteiger partial charge is 0.480 e. The van der Waals surface area contributed by atoms with Crippen molar-refractivity contribution >= 4 is 29.3 Å². The van der Waals surface area contributed by atoms with Gasteiger partial charge < -0.3 is 20.6 Å². The summed E-state index contributed by atoms with van der Waals surface area (Å²) in [5.41, 5.74) is 4.77. The number of carbonyl (C=O) groups excluding carboxylic acids is 2. The van der Waals surface area contributed by atoms with Gasteiger partial charge >= 0.3 is 5.97 Å². The number of carboxylic acid groups (broad SMARTS) is 1. The van der Waals surface area contributed by atoms with Gasteiger partial charge in [-0.05, 0) is 78.9 Å². The summed E-state index contributed by atoms with van der Waals surface area (Å²) < 4.78 is 0. The summed E-state index contributed by atoms with van der Waals surface area (Å²) in [6, 6.07) is 15.3. The molecule has 0 bridgehead atoms. The third-order valence-corrected chi connectivity index (χ3v) is 7.14. The van der Waals surface area contributed by atoms with Gasteiger partial charge in [-0.3, -0.25) is 9.59 Å². The molecule has 0 aliphatic carbocycles. The number of aryl methyl sites for hydroxylation is 3. The van der Waals surface area contributed by atoms with E-state index in [0.29, 0.717) is 48.2 Å². The van der Waals surface area contributed by atoms with E-state index in [-0.39, 0.29) is 18.2 Å². The summed E-state index contributed by atoms with van der Waals surface area (Å²) in [6.45, 7) is 6.84. The predicted molar refractivity (Wildman–Crippen MR) is 152 cm³/mol. The van der Waals surface area contributed by atoms with Gasteiger partial charge in [-0.25, -0.2) is 9.78 Å². The first-order chi connectivity index (χ1) is 19.2. The highest BCUT2D eigenvalue weighted by Gasteiger charge is 2.31. The third-order valence-electron chi connectivity index (χ3n) is 7.14. The number of nitrogens with one attached hydrogen (secondary N) is 2. The van der Waals surface area contributed by atoms with E-state index in [0.717, 1.165) is 22.6 Å². The van der Waals surface area contributed by atoms with E-state index in [9.17, 15) is 24.8 Å². The fourth-order valence-electron chi connectivity index (χ4n) is 5.06. The van der Waals surface area contributed by atoms with Crippen LogP contribution in [-0.4, -0.2) is 47.0 Å². The molecule has 1 aliphatic rings. The molecular formula is C31H33N5O4. The molecule has 4 rings (SSSR count). The lowest BCUT2D eigenvalue weighted by molar-refractivity contribution is -0.139. The molecule has 9 heteroatoms. The summed E-state index contributed by atoms with van der Waals surface area (Å²) in [5.74, 6) is -0.659. The Balaban J connectivity index is 1.39. The number of anilines is 2. The van der Waals surface area contributed by atoms with Gasteiger partial charge in [0.2, 0.25) is 5.91 Å². The average molecular weight is 540 g/mol. The fraction of sp³-hybridized carbons (Fsp3) is 0.323. The van der Waals surface area contributed by atoms with Crippen molar-refractivity contribution in [1.82, 2.24) is 10.3 Å². The van der Waals surface area contributed by atoms with E-state index in [2.05, 4.69) is 21.7 Å². The molecule has 3 N–H and O–H groups in total. The molecule has 2 heterocycles. The maximum atomic E-state index is 13.1. The molecule has 2 aromatic carbocycles. The molecule has 0 radical (unpaired) electrons. The fourth-order valence-corrected chi connectivity index (χ4v) is 5.06. The Hall–Kier alpha value is -4.71. The minimum atomic E-state index is -1.14. The lowest BCUT2D eigenvalue weighted by atomic mass is 9.96. The minimum Gasteiger partial charge on any atom is -0.480 e. The van der Waals surface area contributed by atoms with Crippen LogP contribution in [-0.2, 0) is 22.4 Å². The minimum absolute atomic E-state index is 0.0388. The number of rotatable bonds is 10. The highest BCUT2D eigenvalue weighted by atomic mass is 16.4. The lowest BCUT2D eigenvalue weighted by Crippen LogP contribution is -2.42. The van der Waals surface area contributed by atoms with Crippen molar-refractivity contribution in [3.05, 3.63) is 88.1 Å². The molecule has 1 aliphatic heterocycles. The lowest BCUT2D eigenvalue weighted by Gasteiger charge is -2.19. The van der Waals surface area contributed by atoms with Crippen LogP contribution in [0.15, 0.2) is 54.7 Å². The monoisotopic (exact) mass is 539 g/mol. The zero-order valence-corrected chi connectivity index (χ0v) is 22.9. The summed E-state index contributed by atoms with van der Waals surface area (Å²) >= 11 is 0. The number of nitrogens with zero attached hydrogens (tertiary/aromatic N) is 3. The molecule has 0 saturated carbocycles. The van der Waals surface area contributed by atoms with Crippen LogP contribution in [0.2, 0.25) is 0 Å². The second kappa shape index (κ2) is 12.4. The standard InChI is InChI=1S/C31H33N5O4/c1-4-24-13-22(16-32)12-20(3)29(24)30(38)35-26(31(39)40)14-21-5-7-25(8-6-21)36-18-23(15-28(36)37)17-34-27-11-19(2)9-10-33-27/h5-13,23,26H,4,14-15,17-18H2,1-3H3,(H,33,34)(H,35,38)(H,39,40). The van der Waals surface area contributed by atoms with Crippen LogP contribution in [0.5, 0.6) is 0 Å². The van der Waals surface area contributed by atoms with E-state index < -0.39 is 17.9 Å². The zero-order valence-electron chi connectivity index (χ0n) is 22.9. The van der Waals surface area contributed by atoms with Gasteiger partial charge in [-0.2, -0.15) is 5.26 Å². The van der Waals surface area contributed by atoms with Gasteiger partial charge in [-0.1, -0.05) is 19.1 Å². The number of nitriles is 1. The number of amides is 2. The quantitative estimate of drug-likeness (QED) is 0.354. The van der Waals surface area contributed by atoms with Gasteiger partial charge in [0.1, 0.15) is 11.9 Å². The van der Waals surface area contributed by atoms with Crippen LogP contribution >= 0.6 is 0 Å². The zero-order chi connectivity index (χ0) is 28.8. The van der Waals surface area contributed by atoms with Gasteiger partial charge in [0, 0.05) is 49.3 Å².